The fourth-order valence-corrected chi connectivity index (χ4v) is 1.14. The lowest BCUT2D eigenvalue weighted by atomic mass is 10.2. The molecule has 11 heavy (non-hydrogen) atoms. The third-order valence-corrected chi connectivity index (χ3v) is 2.30. The quantitative estimate of drug-likeness (QED) is 0.460. The summed E-state index contributed by atoms with van der Waals surface area (Å²) in [5.41, 5.74) is 0. The van der Waals surface area contributed by atoms with Gasteiger partial charge in [0.2, 0.25) is 0 Å². The largest absolute Gasteiger partial charge is 0.118 e. The molecule has 0 amide bonds. The molecule has 0 spiro atoms. The Morgan fingerprint density at radius 3 is 2.09 bits per heavy atom. The molecule has 2 atom stereocenters. The zero-order valence-corrected chi connectivity index (χ0v) is 8.70. The molecule has 0 fully saturated rings. The highest BCUT2D eigenvalue weighted by atomic mass is 35.5. The highest BCUT2D eigenvalue weighted by Crippen LogP contribution is 2.09. The minimum absolute atomic E-state index is 0.146. The molecule has 0 aromatic carbocycles. The highest BCUT2D eigenvalue weighted by molar-refractivity contribution is 6.23. The Morgan fingerprint density at radius 2 is 1.64 bits per heavy atom. The third-order valence-electron chi connectivity index (χ3n) is 1.48. The van der Waals surface area contributed by atoms with Gasteiger partial charge < -0.3 is 0 Å². The van der Waals surface area contributed by atoms with E-state index in [1.54, 1.807) is 0 Å². The second kappa shape index (κ2) is 7.00. The van der Waals surface area contributed by atoms with Crippen molar-refractivity contribution in [3.63, 3.8) is 0 Å². The maximum Gasteiger partial charge on any atom is 0.0516 e. The van der Waals surface area contributed by atoms with Crippen molar-refractivity contribution in [2.75, 3.05) is 0 Å². The molecular formula is C9H16Cl2. The Hall–Kier alpha value is 0.320. The number of allylic oxidation sites excluding steroid dienone is 2. The molecule has 66 valence electrons. The first kappa shape index (κ1) is 11.3. The van der Waals surface area contributed by atoms with E-state index in [9.17, 15) is 0 Å². The fourth-order valence-electron chi connectivity index (χ4n) is 0.749. The lowest BCUT2D eigenvalue weighted by molar-refractivity contribution is 0.816. The SMILES string of the molecule is CCCC(Cl)/C=C/C(Cl)CC. The molecule has 0 aliphatic rings. The molecule has 0 rings (SSSR count). The van der Waals surface area contributed by atoms with Crippen LogP contribution in [0.15, 0.2) is 12.2 Å². The molecule has 0 N–H and O–H groups in total. The van der Waals surface area contributed by atoms with E-state index in [4.69, 9.17) is 23.2 Å². The average Bonchev–Trinajstić information content (AvgIpc) is 2.01. The van der Waals surface area contributed by atoms with Gasteiger partial charge in [-0.25, -0.2) is 0 Å². The molecule has 0 aromatic rings. The van der Waals surface area contributed by atoms with E-state index < -0.39 is 0 Å². The summed E-state index contributed by atoms with van der Waals surface area (Å²) in [7, 11) is 0. The van der Waals surface area contributed by atoms with Gasteiger partial charge in [0.1, 0.15) is 0 Å². The van der Waals surface area contributed by atoms with Crippen LogP contribution >= 0.6 is 23.2 Å². The standard InChI is InChI=1S/C9H16Cl2/c1-3-5-9(11)7-6-8(10)4-2/h6-9H,3-5H2,1-2H3/b7-6+. The van der Waals surface area contributed by atoms with Gasteiger partial charge in [-0.15, -0.1) is 23.2 Å². The number of halogens is 2. The van der Waals surface area contributed by atoms with Gasteiger partial charge in [0.15, 0.2) is 0 Å². The third kappa shape index (κ3) is 6.71. The smallest absolute Gasteiger partial charge is 0.0516 e. The molecule has 0 aromatic heterocycles. The summed E-state index contributed by atoms with van der Waals surface area (Å²) < 4.78 is 0. The van der Waals surface area contributed by atoms with E-state index in [-0.39, 0.29) is 10.8 Å². The normalized spacial score (nSPS) is 17.1. The predicted octanol–water partition coefficient (Wildman–Crippen LogP) is 3.97. The Labute approximate surface area is 79.6 Å². The molecule has 0 aliphatic carbocycles. The molecule has 0 aliphatic heterocycles. The van der Waals surface area contributed by atoms with Gasteiger partial charge in [-0.3, -0.25) is 0 Å². The number of rotatable bonds is 5. The summed E-state index contributed by atoms with van der Waals surface area (Å²) in [4.78, 5) is 0. The maximum atomic E-state index is 5.94. The minimum atomic E-state index is 0.146. The van der Waals surface area contributed by atoms with Gasteiger partial charge >= 0.3 is 0 Å². The molecule has 0 bridgehead atoms. The van der Waals surface area contributed by atoms with Crippen molar-refractivity contribution < 1.29 is 0 Å². The Kier molecular flexibility index (Phi) is 7.20. The van der Waals surface area contributed by atoms with Crippen LogP contribution < -0.4 is 0 Å². The Morgan fingerprint density at radius 1 is 1.09 bits per heavy atom. The summed E-state index contributed by atoms with van der Waals surface area (Å²) in [5.74, 6) is 0. The van der Waals surface area contributed by atoms with Crippen LogP contribution in [0.3, 0.4) is 0 Å². The second-order valence-corrected chi connectivity index (χ2v) is 3.73. The van der Waals surface area contributed by atoms with E-state index in [0.717, 1.165) is 19.3 Å². The van der Waals surface area contributed by atoms with Crippen molar-refractivity contribution in [3.05, 3.63) is 12.2 Å². The first-order valence-corrected chi connectivity index (χ1v) is 5.04. The molecule has 0 saturated carbocycles. The van der Waals surface area contributed by atoms with Crippen LogP contribution in [0.5, 0.6) is 0 Å². The topological polar surface area (TPSA) is 0 Å². The van der Waals surface area contributed by atoms with E-state index >= 15 is 0 Å². The summed E-state index contributed by atoms with van der Waals surface area (Å²) in [6, 6.07) is 0. The summed E-state index contributed by atoms with van der Waals surface area (Å²) in [6.45, 7) is 4.19. The van der Waals surface area contributed by atoms with Crippen molar-refractivity contribution in [1.82, 2.24) is 0 Å². The second-order valence-electron chi connectivity index (χ2n) is 2.61. The predicted molar refractivity (Wildman–Crippen MR) is 53.6 cm³/mol. The van der Waals surface area contributed by atoms with Gasteiger partial charge in [-0.2, -0.15) is 0 Å². The van der Waals surface area contributed by atoms with Crippen LogP contribution in [0.1, 0.15) is 33.1 Å². The van der Waals surface area contributed by atoms with Gasteiger partial charge in [0, 0.05) is 0 Å². The molecule has 0 saturated heterocycles. The van der Waals surface area contributed by atoms with Crippen molar-refractivity contribution >= 4 is 23.2 Å². The van der Waals surface area contributed by atoms with Crippen molar-refractivity contribution in [3.8, 4) is 0 Å². The van der Waals surface area contributed by atoms with Gasteiger partial charge in [-0.1, -0.05) is 32.4 Å². The van der Waals surface area contributed by atoms with Crippen molar-refractivity contribution in [1.29, 1.82) is 0 Å². The summed E-state index contributed by atoms with van der Waals surface area (Å²) >= 11 is 11.8. The summed E-state index contributed by atoms with van der Waals surface area (Å²) in [5, 5.41) is 0.306. The summed E-state index contributed by atoms with van der Waals surface area (Å²) in [6.07, 6.45) is 7.10. The molecule has 0 heterocycles. The van der Waals surface area contributed by atoms with Gasteiger partial charge in [0.25, 0.3) is 0 Å². The molecular weight excluding hydrogens is 179 g/mol. The Balaban J connectivity index is 3.54. The average molecular weight is 195 g/mol. The van der Waals surface area contributed by atoms with Crippen LogP contribution in [-0.4, -0.2) is 10.8 Å². The van der Waals surface area contributed by atoms with Crippen LogP contribution in [0.25, 0.3) is 0 Å². The first-order valence-electron chi connectivity index (χ1n) is 4.17. The molecule has 2 heteroatoms. The van der Waals surface area contributed by atoms with Crippen molar-refractivity contribution in [2.45, 2.75) is 43.9 Å². The highest BCUT2D eigenvalue weighted by Gasteiger charge is 1.98. The van der Waals surface area contributed by atoms with Crippen LogP contribution in [0.2, 0.25) is 0 Å². The fraction of sp³-hybridized carbons (Fsp3) is 0.778. The molecule has 0 nitrogen and oxygen atoms in total. The van der Waals surface area contributed by atoms with Crippen LogP contribution in [-0.2, 0) is 0 Å². The zero-order chi connectivity index (χ0) is 8.69. The molecule has 2 unspecified atom stereocenters. The minimum Gasteiger partial charge on any atom is -0.118 e. The first-order chi connectivity index (χ1) is 5.20. The van der Waals surface area contributed by atoms with Crippen molar-refractivity contribution in [2.24, 2.45) is 0 Å². The van der Waals surface area contributed by atoms with Crippen LogP contribution in [0, 0.1) is 0 Å². The van der Waals surface area contributed by atoms with E-state index in [0.29, 0.717) is 0 Å². The lowest BCUT2D eigenvalue weighted by Gasteiger charge is -2.01. The number of hydrogen-bond donors (Lipinski definition) is 0. The zero-order valence-electron chi connectivity index (χ0n) is 7.19. The lowest BCUT2D eigenvalue weighted by Crippen LogP contribution is -1.95. The number of hydrogen-bond acceptors (Lipinski definition) is 0. The van der Waals surface area contributed by atoms with Gasteiger partial charge in [-0.05, 0) is 12.8 Å². The van der Waals surface area contributed by atoms with Crippen LogP contribution in [0.4, 0.5) is 0 Å². The molecule has 0 radical (unpaired) electrons. The number of alkyl halides is 2. The van der Waals surface area contributed by atoms with E-state index in [1.807, 2.05) is 12.2 Å². The monoisotopic (exact) mass is 194 g/mol. The van der Waals surface area contributed by atoms with E-state index in [1.165, 1.54) is 0 Å². The van der Waals surface area contributed by atoms with E-state index in [2.05, 4.69) is 13.8 Å². The van der Waals surface area contributed by atoms with Gasteiger partial charge in [0.05, 0.1) is 10.8 Å². The maximum absolute atomic E-state index is 5.94. The Bertz CT molecular complexity index is 110.